The molecule has 86 valence electrons. The van der Waals surface area contributed by atoms with Crippen LogP contribution in [0.5, 0.6) is 0 Å². The second kappa shape index (κ2) is 5.11. The van der Waals surface area contributed by atoms with Crippen LogP contribution in [0.25, 0.3) is 0 Å². The van der Waals surface area contributed by atoms with E-state index in [1.54, 1.807) is 0 Å². The van der Waals surface area contributed by atoms with Crippen LogP contribution in [-0.2, 0) is 0 Å². The van der Waals surface area contributed by atoms with Gasteiger partial charge in [-0.1, -0.05) is 35.0 Å². The van der Waals surface area contributed by atoms with Gasteiger partial charge >= 0.3 is 0 Å². The van der Waals surface area contributed by atoms with E-state index in [9.17, 15) is 4.79 Å². The summed E-state index contributed by atoms with van der Waals surface area (Å²) in [4.78, 5) is 14.2. The first-order valence-corrected chi connectivity index (χ1v) is 6.45. The maximum absolute atomic E-state index is 12.0. The Kier molecular flexibility index (Phi) is 3.77. The van der Waals surface area contributed by atoms with Gasteiger partial charge in [0.15, 0.2) is 5.78 Å². The van der Waals surface area contributed by atoms with Gasteiger partial charge in [0.2, 0.25) is 0 Å². The van der Waals surface area contributed by atoms with Gasteiger partial charge in [-0.3, -0.25) is 9.69 Å². The van der Waals surface area contributed by atoms with Crippen molar-refractivity contribution in [1.82, 2.24) is 4.90 Å². The van der Waals surface area contributed by atoms with Gasteiger partial charge in [0.1, 0.15) is 0 Å². The SMILES string of the molecule is CC1CCN(CC(=O)c2ccc(Br)cc2)C1. The largest absolute Gasteiger partial charge is 0.296 e. The number of halogens is 1. The fraction of sp³-hybridized carbons (Fsp3) is 0.462. The van der Waals surface area contributed by atoms with Crippen LogP contribution < -0.4 is 0 Å². The first-order chi connectivity index (χ1) is 7.65. The lowest BCUT2D eigenvalue weighted by atomic mass is 10.1. The van der Waals surface area contributed by atoms with Gasteiger partial charge in [0, 0.05) is 16.6 Å². The van der Waals surface area contributed by atoms with E-state index >= 15 is 0 Å². The van der Waals surface area contributed by atoms with Gasteiger partial charge in [-0.25, -0.2) is 0 Å². The van der Waals surface area contributed by atoms with Crippen molar-refractivity contribution in [1.29, 1.82) is 0 Å². The van der Waals surface area contributed by atoms with Crippen LogP contribution in [-0.4, -0.2) is 30.3 Å². The smallest absolute Gasteiger partial charge is 0.176 e. The zero-order valence-electron chi connectivity index (χ0n) is 9.45. The van der Waals surface area contributed by atoms with Crippen LogP contribution in [0.3, 0.4) is 0 Å². The van der Waals surface area contributed by atoms with Gasteiger partial charge in [-0.15, -0.1) is 0 Å². The van der Waals surface area contributed by atoms with Crippen molar-refractivity contribution in [2.75, 3.05) is 19.6 Å². The Morgan fingerprint density at radius 3 is 2.69 bits per heavy atom. The van der Waals surface area contributed by atoms with Gasteiger partial charge < -0.3 is 0 Å². The number of likely N-dealkylation sites (tertiary alicyclic amines) is 1. The predicted molar refractivity (Wildman–Crippen MR) is 68.7 cm³/mol. The van der Waals surface area contributed by atoms with Gasteiger partial charge in [0.05, 0.1) is 6.54 Å². The molecule has 1 aliphatic heterocycles. The zero-order chi connectivity index (χ0) is 11.5. The number of ketones is 1. The summed E-state index contributed by atoms with van der Waals surface area (Å²) in [6, 6.07) is 7.59. The monoisotopic (exact) mass is 281 g/mol. The average Bonchev–Trinajstić information content (AvgIpc) is 2.65. The quantitative estimate of drug-likeness (QED) is 0.794. The zero-order valence-corrected chi connectivity index (χ0v) is 11.0. The Labute approximate surface area is 105 Å². The highest BCUT2D eigenvalue weighted by Gasteiger charge is 2.20. The van der Waals surface area contributed by atoms with E-state index in [1.165, 1.54) is 6.42 Å². The molecule has 16 heavy (non-hydrogen) atoms. The summed E-state index contributed by atoms with van der Waals surface area (Å²) in [7, 11) is 0. The summed E-state index contributed by atoms with van der Waals surface area (Å²) in [5.74, 6) is 0.958. The summed E-state index contributed by atoms with van der Waals surface area (Å²) in [6.45, 7) is 4.92. The van der Waals surface area contributed by atoms with Crippen LogP contribution in [0, 0.1) is 5.92 Å². The highest BCUT2D eigenvalue weighted by atomic mass is 79.9. The van der Waals surface area contributed by atoms with Crippen molar-refractivity contribution in [2.45, 2.75) is 13.3 Å². The molecule has 1 heterocycles. The minimum absolute atomic E-state index is 0.224. The topological polar surface area (TPSA) is 20.3 Å². The fourth-order valence-corrected chi connectivity index (χ4v) is 2.36. The number of carbonyl (C=O) groups excluding carboxylic acids is 1. The molecule has 0 radical (unpaired) electrons. The number of benzene rings is 1. The number of rotatable bonds is 3. The van der Waals surface area contributed by atoms with E-state index in [1.807, 2.05) is 24.3 Å². The van der Waals surface area contributed by atoms with E-state index in [-0.39, 0.29) is 5.78 Å². The third-order valence-electron chi connectivity index (χ3n) is 3.04. The molecule has 0 aliphatic carbocycles. The average molecular weight is 282 g/mol. The third kappa shape index (κ3) is 2.92. The molecule has 0 saturated carbocycles. The number of carbonyl (C=O) groups is 1. The molecule has 1 fully saturated rings. The first kappa shape index (κ1) is 11.8. The Morgan fingerprint density at radius 2 is 2.12 bits per heavy atom. The lowest BCUT2D eigenvalue weighted by Crippen LogP contribution is -2.27. The third-order valence-corrected chi connectivity index (χ3v) is 3.57. The maximum atomic E-state index is 12.0. The normalized spacial score (nSPS) is 21.2. The minimum Gasteiger partial charge on any atom is -0.296 e. The molecular formula is C13H16BrNO. The molecule has 0 amide bonds. The summed E-state index contributed by atoms with van der Waals surface area (Å²) < 4.78 is 1.01. The number of hydrogen-bond donors (Lipinski definition) is 0. The second-order valence-electron chi connectivity index (χ2n) is 4.56. The summed E-state index contributed by atoms with van der Waals surface area (Å²) >= 11 is 3.37. The van der Waals surface area contributed by atoms with Crippen LogP contribution in [0.4, 0.5) is 0 Å². The van der Waals surface area contributed by atoms with Gasteiger partial charge in [-0.2, -0.15) is 0 Å². The molecule has 0 aromatic heterocycles. The summed E-state index contributed by atoms with van der Waals surface area (Å²) in [5, 5.41) is 0. The van der Waals surface area contributed by atoms with E-state index in [2.05, 4.69) is 27.8 Å². The van der Waals surface area contributed by atoms with Crippen LogP contribution in [0.2, 0.25) is 0 Å². The van der Waals surface area contributed by atoms with Crippen molar-refractivity contribution in [3.05, 3.63) is 34.3 Å². The fourth-order valence-electron chi connectivity index (χ4n) is 2.10. The van der Waals surface area contributed by atoms with Crippen LogP contribution >= 0.6 is 15.9 Å². The van der Waals surface area contributed by atoms with Gasteiger partial charge in [-0.05, 0) is 31.0 Å². The van der Waals surface area contributed by atoms with Crippen molar-refractivity contribution in [3.8, 4) is 0 Å². The highest BCUT2D eigenvalue weighted by molar-refractivity contribution is 9.10. The Hall–Kier alpha value is -0.670. The van der Waals surface area contributed by atoms with Crippen LogP contribution in [0.1, 0.15) is 23.7 Å². The van der Waals surface area contributed by atoms with E-state index in [0.29, 0.717) is 6.54 Å². The van der Waals surface area contributed by atoms with Crippen LogP contribution in [0.15, 0.2) is 28.7 Å². The number of Topliss-reactive ketones (excluding diaryl/α,β-unsaturated/α-hetero) is 1. The van der Waals surface area contributed by atoms with Crippen molar-refractivity contribution in [2.24, 2.45) is 5.92 Å². The lowest BCUT2D eigenvalue weighted by molar-refractivity contribution is 0.0943. The molecule has 0 N–H and O–H groups in total. The molecular weight excluding hydrogens is 266 g/mol. The van der Waals surface area contributed by atoms with Crippen molar-refractivity contribution < 1.29 is 4.79 Å². The Bertz CT molecular complexity index is 374. The molecule has 1 saturated heterocycles. The predicted octanol–water partition coefficient (Wildman–Crippen LogP) is 2.97. The molecule has 2 rings (SSSR count). The summed E-state index contributed by atoms with van der Waals surface area (Å²) in [6.07, 6.45) is 1.22. The van der Waals surface area contributed by atoms with Crippen molar-refractivity contribution in [3.63, 3.8) is 0 Å². The molecule has 0 spiro atoms. The molecule has 1 aliphatic rings. The first-order valence-electron chi connectivity index (χ1n) is 5.66. The standard InChI is InChI=1S/C13H16BrNO/c1-10-6-7-15(8-10)9-13(16)11-2-4-12(14)5-3-11/h2-5,10H,6-9H2,1H3. The summed E-state index contributed by atoms with van der Waals surface area (Å²) in [5.41, 5.74) is 0.808. The molecule has 1 aromatic rings. The maximum Gasteiger partial charge on any atom is 0.176 e. The van der Waals surface area contributed by atoms with Gasteiger partial charge in [0.25, 0.3) is 0 Å². The second-order valence-corrected chi connectivity index (χ2v) is 5.47. The lowest BCUT2D eigenvalue weighted by Gasteiger charge is -2.13. The molecule has 1 atom stereocenters. The molecule has 2 nitrogen and oxygen atoms in total. The molecule has 1 unspecified atom stereocenters. The minimum atomic E-state index is 0.224. The van der Waals surface area contributed by atoms with E-state index in [0.717, 1.165) is 29.0 Å². The molecule has 0 bridgehead atoms. The highest BCUT2D eigenvalue weighted by Crippen LogP contribution is 2.16. The van der Waals surface area contributed by atoms with Crippen molar-refractivity contribution >= 4 is 21.7 Å². The Morgan fingerprint density at radius 1 is 1.44 bits per heavy atom. The number of nitrogens with zero attached hydrogens (tertiary/aromatic N) is 1. The molecule has 3 heteroatoms. The number of hydrogen-bond acceptors (Lipinski definition) is 2. The molecule has 1 aromatic carbocycles. The van der Waals surface area contributed by atoms with E-state index < -0.39 is 0 Å². The Balaban J connectivity index is 1.95. The van der Waals surface area contributed by atoms with E-state index in [4.69, 9.17) is 0 Å².